The van der Waals surface area contributed by atoms with Gasteiger partial charge in [-0.25, -0.2) is 0 Å². The zero-order valence-electron chi connectivity index (χ0n) is 22.3. The molecule has 0 bridgehead atoms. The van der Waals surface area contributed by atoms with Crippen LogP contribution in [-0.4, -0.2) is 84.3 Å². The predicted molar refractivity (Wildman–Crippen MR) is 141 cm³/mol. The van der Waals surface area contributed by atoms with Gasteiger partial charge in [0.15, 0.2) is 24.4 Å². The van der Waals surface area contributed by atoms with E-state index in [0.717, 1.165) is 11.1 Å². The third-order valence-corrected chi connectivity index (χ3v) is 7.28. The second-order valence-electron chi connectivity index (χ2n) is 10.5. The van der Waals surface area contributed by atoms with Crippen LogP contribution in [0, 0.1) is 0 Å². The van der Waals surface area contributed by atoms with Gasteiger partial charge in [0.2, 0.25) is 0 Å². The number of nitrogens with zero attached hydrogens (tertiary/aromatic N) is 2. The van der Waals surface area contributed by atoms with E-state index in [0.29, 0.717) is 39.3 Å². The lowest BCUT2D eigenvalue weighted by Gasteiger charge is -2.21. The molecule has 3 aliphatic rings. The number of benzene rings is 2. The zero-order valence-corrected chi connectivity index (χ0v) is 22.3. The van der Waals surface area contributed by atoms with Crippen LogP contribution >= 0.6 is 0 Å². The van der Waals surface area contributed by atoms with Crippen molar-refractivity contribution in [3.63, 3.8) is 0 Å². The first kappa shape index (κ1) is 27.8. The molecular formula is C30H34N2O8. The standard InChI is InChI=1S/C30H34N2O8/c33-27-11-13-29(35)39-25-19-32(16-22-9-5-2-6-10-22)20-26(25)40-30(36)14-12-28(34)38-24-18-31(17-23(24)37-27)15-21-7-3-1-4-8-21/h1-10,23-26H,11-20H2/t23-,24-,25-,26-/m0/s1. The lowest BCUT2D eigenvalue weighted by molar-refractivity contribution is -0.170. The van der Waals surface area contributed by atoms with Gasteiger partial charge in [0, 0.05) is 39.3 Å². The van der Waals surface area contributed by atoms with Crippen molar-refractivity contribution >= 4 is 23.9 Å². The predicted octanol–water partition coefficient (Wildman–Crippen LogP) is 2.24. The highest BCUT2D eigenvalue weighted by atomic mass is 16.6. The first-order chi connectivity index (χ1) is 19.4. The molecule has 40 heavy (non-hydrogen) atoms. The van der Waals surface area contributed by atoms with Gasteiger partial charge >= 0.3 is 23.9 Å². The minimum absolute atomic E-state index is 0.167. The summed E-state index contributed by atoms with van der Waals surface area (Å²) in [5, 5.41) is 0. The Labute approximate surface area is 233 Å². The van der Waals surface area contributed by atoms with E-state index in [4.69, 9.17) is 18.9 Å². The topological polar surface area (TPSA) is 112 Å². The van der Waals surface area contributed by atoms with E-state index in [1.165, 1.54) is 0 Å². The lowest BCUT2D eigenvalue weighted by atomic mass is 10.2. The number of fused-ring (bicyclic) bond motifs is 2. The second kappa shape index (κ2) is 13.1. The summed E-state index contributed by atoms with van der Waals surface area (Å²) in [5.74, 6) is -2.23. The Morgan fingerprint density at radius 2 is 0.750 bits per heavy atom. The number of esters is 4. The van der Waals surface area contributed by atoms with Crippen LogP contribution in [0.4, 0.5) is 0 Å². The van der Waals surface area contributed by atoms with E-state index in [-0.39, 0.29) is 25.7 Å². The SMILES string of the molecule is O=C1CCC(=O)O[C@H]2CN(Cc3ccccc3)C[C@@H]2OC(=O)CCC(=O)O[C@H]2CN(Cc3ccccc3)C[C@@H]2O1. The molecule has 0 unspecified atom stereocenters. The Hall–Kier alpha value is -3.76. The minimum Gasteiger partial charge on any atom is -0.457 e. The zero-order chi connectivity index (χ0) is 27.9. The molecule has 0 radical (unpaired) electrons. The Balaban J connectivity index is 1.23. The Bertz CT molecular complexity index is 1050. The second-order valence-corrected chi connectivity index (χ2v) is 10.5. The molecule has 4 atom stereocenters. The minimum atomic E-state index is -0.679. The van der Waals surface area contributed by atoms with Gasteiger partial charge < -0.3 is 18.9 Å². The summed E-state index contributed by atoms with van der Waals surface area (Å²) in [6.45, 7) is 2.73. The molecule has 2 aromatic carbocycles. The monoisotopic (exact) mass is 550 g/mol. The maximum Gasteiger partial charge on any atom is 0.306 e. The summed E-state index contributed by atoms with van der Waals surface area (Å²) in [5.41, 5.74) is 2.16. The third kappa shape index (κ3) is 7.67. The van der Waals surface area contributed by atoms with Crippen molar-refractivity contribution in [2.75, 3.05) is 26.2 Å². The van der Waals surface area contributed by atoms with Gasteiger partial charge in [-0.1, -0.05) is 60.7 Å². The van der Waals surface area contributed by atoms with Gasteiger partial charge in [0.25, 0.3) is 0 Å². The maximum absolute atomic E-state index is 12.7. The molecule has 0 N–H and O–H groups in total. The van der Waals surface area contributed by atoms with Crippen LogP contribution in [0.5, 0.6) is 0 Å². The summed E-state index contributed by atoms with van der Waals surface area (Å²) in [7, 11) is 0. The molecule has 3 heterocycles. The molecule has 2 aromatic rings. The van der Waals surface area contributed by atoms with Crippen LogP contribution in [0.3, 0.4) is 0 Å². The maximum atomic E-state index is 12.7. The first-order valence-corrected chi connectivity index (χ1v) is 13.7. The van der Waals surface area contributed by atoms with Crippen LogP contribution in [0.25, 0.3) is 0 Å². The summed E-state index contributed by atoms with van der Waals surface area (Å²) in [6.07, 6.45) is -3.38. The summed E-state index contributed by atoms with van der Waals surface area (Å²) in [6, 6.07) is 19.6. The molecule has 212 valence electrons. The summed E-state index contributed by atoms with van der Waals surface area (Å²) >= 11 is 0. The van der Waals surface area contributed by atoms with E-state index in [2.05, 4.69) is 0 Å². The Morgan fingerprint density at radius 3 is 1.02 bits per heavy atom. The van der Waals surface area contributed by atoms with Crippen LogP contribution in [0.2, 0.25) is 0 Å². The van der Waals surface area contributed by atoms with E-state index in [9.17, 15) is 19.2 Å². The number of hydrogen-bond acceptors (Lipinski definition) is 10. The molecule has 10 heteroatoms. The van der Waals surface area contributed by atoms with Crippen molar-refractivity contribution in [3.05, 3.63) is 71.8 Å². The quantitative estimate of drug-likeness (QED) is 0.415. The van der Waals surface area contributed by atoms with Gasteiger partial charge in [-0.05, 0) is 11.1 Å². The molecule has 0 amide bonds. The molecule has 0 spiro atoms. The van der Waals surface area contributed by atoms with Crippen LogP contribution in [0.1, 0.15) is 36.8 Å². The molecule has 0 aliphatic carbocycles. The third-order valence-electron chi connectivity index (χ3n) is 7.28. The molecule has 10 nitrogen and oxygen atoms in total. The Kier molecular flexibility index (Phi) is 9.08. The number of carbonyl (C=O) groups excluding carboxylic acids is 4. The average molecular weight is 551 g/mol. The molecular weight excluding hydrogens is 516 g/mol. The van der Waals surface area contributed by atoms with Crippen LogP contribution < -0.4 is 0 Å². The Morgan fingerprint density at radius 1 is 0.475 bits per heavy atom. The van der Waals surface area contributed by atoms with Gasteiger partial charge in [0.05, 0.1) is 25.7 Å². The fourth-order valence-electron chi connectivity index (χ4n) is 5.35. The lowest BCUT2D eigenvalue weighted by Crippen LogP contribution is -2.36. The largest absolute Gasteiger partial charge is 0.457 e. The summed E-state index contributed by atoms with van der Waals surface area (Å²) in [4.78, 5) is 54.8. The molecule has 5 rings (SSSR count). The van der Waals surface area contributed by atoms with E-state index >= 15 is 0 Å². The fourth-order valence-corrected chi connectivity index (χ4v) is 5.35. The highest BCUT2D eigenvalue weighted by Crippen LogP contribution is 2.23. The average Bonchev–Trinajstić information content (AvgIpc) is 3.48. The first-order valence-electron chi connectivity index (χ1n) is 13.7. The van der Waals surface area contributed by atoms with Crippen LogP contribution in [-0.2, 0) is 51.2 Å². The normalized spacial score (nSPS) is 27.2. The number of carbonyl (C=O) groups is 4. The van der Waals surface area contributed by atoms with Crippen molar-refractivity contribution in [1.29, 1.82) is 0 Å². The number of hydrogen-bond donors (Lipinski definition) is 0. The number of rotatable bonds is 4. The van der Waals surface area contributed by atoms with Gasteiger partial charge in [-0.3, -0.25) is 29.0 Å². The van der Waals surface area contributed by atoms with Gasteiger partial charge in [0.1, 0.15) is 0 Å². The van der Waals surface area contributed by atoms with Gasteiger partial charge in [-0.15, -0.1) is 0 Å². The highest BCUT2D eigenvalue weighted by Gasteiger charge is 2.40. The molecule has 3 saturated heterocycles. The smallest absolute Gasteiger partial charge is 0.306 e. The van der Waals surface area contributed by atoms with Crippen molar-refractivity contribution in [2.45, 2.75) is 63.2 Å². The van der Waals surface area contributed by atoms with E-state index in [1.807, 2.05) is 70.5 Å². The van der Waals surface area contributed by atoms with Gasteiger partial charge in [-0.2, -0.15) is 0 Å². The molecule has 3 fully saturated rings. The van der Waals surface area contributed by atoms with E-state index < -0.39 is 48.3 Å². The fraction of sp³-hybridized carbons (Fsp3) is 0.467. The van der Waals surface area contributed by atoms with Crippen molar-refractivity contribution < 1.29 is 38.1 Å². The molecule has 3 aliphatic heterocycles. The highest BCUT2D eigenvalue weighted by molar-refractivity contribution is 5.79. The van der Waals surface area contributed by atoms with Crippen LogP contribution in [0.15, 0.2) is 60.7 Å². The number of ether oxygens (including phenoxy) is 4. The number of likely N-dealkylation sites (tertiary alicyclic amines) is 2. The van der Waals surface area contributed by atoms with Crippen molar-refractivity contribution in [3.8, 4) is 0 Å². The molecule has 0 aromatic heterocycles. The van der Waals surface area contributed by atoms with E-state index in [1.54, 1.807) is 0 Å². The van der Waals surface area contributed by atoms with Crippen molar-refractivity contribution in [1.82, 2.24) is 9.80 Å². The molecule has 0 saturated carbocycles. The van der Waals surface area contributed by atoms with Crippen molar-refractivity contribution in [2.24, 2.45) is 0 Å². The summed E-state index contributed by atoms with van der Waals surface area (Å²) < 4.78 is 22.7.